The minimum absolute atomic E-state index is 0.0360. The van der Waals surface area contributed by atoms with Crippen molar-refractivity contribution in [1.29, 1.82) is 5.26 Å². The van der Waals surface area contributed by atoms with E-state index in [0.717, 1.165) is 0 Å². The summed E-state index contributed by atoms with van der Waals surface area (Å²) in [4.78, 5) is 11.1. The molecule has 0 bridgehead atoms. The van der Waals surface area contributed by atoms with Crippen LogP contribution in [0.4, 0.5) is 0 Å². The summed E-state index contributed by atoms with van der Waals surface area (Å²) in [6.45, 7) is 3.53. The molecule has 1 atom stereocenters. The number of carbonyl (C=O) groups is 1. The van der Waals surface area contributed by atoms with Gasteiger partial charge in [0, 0.05) is 6.54 Å². The van der Waals surface area contributed by atoms with Gasteiger partial charge in [-0.15, -0.1) is 0 Å². The molecule has 0 saturated heterocycles. The van der Waals surface area contributed by atoms with E-state index >= 15 is 0 Å². The van der Waals surface area contributed by atoms with Crippen molar-refractivity contribution in [3.05, 3.63) is 29.8 Å². The fourth-order valence-electron chi connectivity index (χ4n) is 1.83. The highest BCUT2D eigenvalue weighted by atomic mass is 32.2. The van der Waals surface area contributed by atoms with E-state index in [9.17, 15) is 13.2 Å². The SMILES string of the molecule is CC(C)C(NCCS(=O)(=O)c1cccc(C#N)c1)C(=O)O. The van der Waals surface area contributed by atoms with Crippen molar-refractivity contribution in [3.8, 4) is 6.07 Å². The summed E-state index contributed by atoms with van der Waals surface area (Å²) in [5, 5.41) is 20.5. The van der Waals surface area contributed by atoms with E-state index in [2.05, 4.69) is 5.32 Å². The molecule has 1 rings (SSSR count). The molecule has 6 nitrogen and oxygen atoms in total. The lowest BCUT2D eigenvalue weighted by Gasteiger charge is -2.17. The zero-order chi connectivity index (χ0) is 16.0. The van der Waals surface area contributed by atoms with Crippen molar-refractivity contribution in [3.63, 3.8) is 0 Å². The second kappa shape index (κ2) is 7.20. The zero-order valence-corrected chi connectivity index (χ0v) is 12.7. The van der Waals surface area contributed by atoms with Crippen LogP contribution >= 0.6 is 0 Å². The molecule has 2 N–H and O–H groups in total. The molecule has 114 valence electrons. The number of nitrogens with zero attached hydrogens (tertiary/aromatic N) is 1. The summed E-state index contributed by atoms with van der Waals surface area (Å²) >= 11 is 0. The van der Waals surface area contributed by atoms with Gasteiger partial charge in [0.15, 0.2) is 9.84 Å². The lowest BCUT2D eigenvalue weighted by atomic mass is 10.1. The molecule has 1 aromatic carbocycles. The molecule has 0 amide bonds. The van der Waals surface area contributed by atoms with E-state index in [1.165, 1.54) is 24.3 Å². The molecule has 0 radical (unpaired) electrons. The van der Waals surface area contributed by atoms with Crippen LogP contribution in [-0.4, -0.2) is 37.8 Å². The third kappa shape index (κ3) is 4.85. The fourth-order valence-corrected chi connectivity index (χ4v) is 3.05. The first kappa shape index (κ1) is 17.1. The molecule has 1 aromatic rings. The van der Waals surface area contributed by atoms with E-state index in [-0.39, 0.29) is 28.7 Å². The Labute approximate surface area is 124 Å². The number of benzene rings is 1. The molecule has 1 unspecified atom stereocenters. The van der Waals surface area contributed by atoms with Gasteiger partial charge in [-0.1, -0.05) is 19.9 Å². The van der Waals surface area contributed by atoms with Crippen LogP contribution in [-0.2, 0) is 14.6 Å². The van der Waals surface area contributed by atoms with Gasteiger partial charge >= 0.3 is 5.97 Å². The van der Waals surface area contributed by atoms with Crippen molar-refractivity contribution < 1.29 is 18.3 Å². The molecule has 0 aromatic heterocycles. The van der Waals surface area contributed by atoms with Crippen LogP contribution in [0.3, 0.4) is 0 Å². The Morgan fingerprint density at radius 2 is 2.10 bits per heavy atom. The second-order valence-electron chi connectivity index (χ2n) is 4.97. The third-order valence-electron chi connectivity index (χ3n) is 2.99. The van der Waals surface area contributed by atoms with Gasteiger partial charge in [0.2, 0.25) is 0 Å². The van der Waals surface area contributed by atoms with Gasteiger partial charge in [0.1, 0.15) is 6.04 Å². The van der Waals surface area contributed by atoms with Gasteiger partial charge in [-0.2, -0.15) is 5.26 Å². The minimum Gasteiger partial charge on any atom is -0.480 e. The number of carboxylic acids is 1. The average molecular weight is 310 g/mol. The number of rotatable bonds is 7. The minimum atomic E-state index is -3.55. The number of nitriles is 1. The molecule has 0 aliphatic heterocycles. The van der Waals surface area contributed by atoms with Crippen LogP contribution in [0.1, 0.15) is 19.4 Å². The number of sulfone groups is 1. The first-order chi connectivity index (χ1) is 9.77. The predicted molar refractivity (Wildman–Crippen MR) is 77.5 cm³/mol. The molecule has 0 aliphatic rings. The highest BCUT2D eigenvalue weighted by molar-refractivity contribution is 7.91. The molecule has 0 heterocycles. The van der Waals surface area contributed by atoms with E-state index in [1.807, 2.05) is 6.07 Å². The summed E-state index contributed by atoms with van der Waals surface area (Å²) in [6.07, 6.45) is 0. The van der Waals surface area contributed by atoms with Gasteiger partial charge in [-0.25, -0.2) is 8.42 Å². The molecule has 7 heteroatoms. The van der Waals surface area contributed by atoms with Gasteiger partial charge in [-0.3, -0.25) is 4.79 Å². The van der Waals surface area contributed by atoms with Crippen LogP contribution in [0.25, 0.3) is 0 Å². The Morgan fingerprint density at radius 1 is 1.43 bits per heavy atom. The molecular formula is C14H18N2O4S. The maximum absolute atomic E-state index is 12.1. The average Bonchev–Trinajstić information content (AvgIpc) is 2.42. The van der Waals surface area contributed by atoms with Crippen molar-refractivity contribution in [2.24, 2.45) is 5.92 Å². The molecule has 0 aliphatic carbocycles. The smallest absolute Gasteiger partial charge is 0.320 e. The summed E-state index contributed by atoms with van der Waals surface area (Å²) < 4.78 is 24.2. The lowest BCUT2D eigenvalue weighted by molar-refractivity contribution is -0.140. The van der Waals surface area contributed by atoms with Crippen LogP contribution < -0.4 is 5.32 Å². The molecular weight excluding hydrogens is 292 g/mol. The highest BCUT2D eigenvalue weighted by Gasteiger charge is 2.22. The quantitative estimate of drug-likeness (QED) is 0.779. The van der Waals surface area contributed by atoms with E-state index in [0.29, 0.717) is 0 Å². The Balaban J connectivity index is 2.73. The van der Waals surface area contributed by atoms with Crippen molar-refractivity contribution >= 4 is 15.8 Å². The number of hydrogen-bond donors (Lipinski definition) is 2. The van der Waals surface area contributed by atoms with Gasteiger partial charge in [-0.05, 0) is 24.1 Å². The second-order valence-corrected chi connectivity index (χ2v) is 7.08. The van der Waals surface area contributed by atoms with Crippen molar-refractivity contribution in [2.45, 2.75) is 24.8 Å². The maximum Gasteiger partial charge on any atom is 0.320 e. The first-order valence-electron chi connectivity index (χ1n) is 6.47. The van der Waals surface area contributed by atoms with Crippen molar-refractivity contribution in [1.82, 2.24) is 5.32 Å². The third-order valence-corrected chi connectivity index (χ3v) is 4.70. The maximum atomic E-state index is 12.1. The number of carboxylic acid groups (broad SMARTS) is 1. The van der Waals surface area contributed by atoms with E-state index in [1.54, 1.807) is 13.8 Å². The standard InChI is InChI=1S/C14H18N2O4S/c1-10(2)13(14(17)18)16-6-7-21(19,20)12-5-3-4-11(8-12)9-15/h3-5,8,10,13,16H,6-7H2,1-2H3,(H,17,18). The highest BCUT2D eigenvalue weighted by Crippen LogP contribution is 2.12. The lowest BCUT2D eigenvalue weighted by Crippen LogP contribution is -2.42. The van der Waals surface area contributed by atoms with E-state index < -0.39 is 21.8 Å². The van der Waals surface area contributed by atoms with Crippen LogP contribution in [0, 0.1) is 17.2 Å². The Hall–Kier alpha value is -1.91. The normalized spacial score (nSPS) is 12.9. The van der Waals surface area contributed by atoms with Gasteiger partial charge < -0.3 is 10.4 Å². The zero-order valence-electron chi connectivity index (χ0n) is 11.9. The fraction of sp³-hybridized carbons (Fsp3) is 0.429. The van der Waals surface area contributed by atoms with Crippen molar-refractivity contribution in [2.75, 3.05) is 12.3 Å². The largest absolute Gasteiger partial charge is 0.480 e. The molecule has 0 fully saturated rings. The topological polar surface area (TPSA) is 107 Å². The summed E-state index contributed by atoms with van der Waals surface area (Å²) in [5.41, 5.74) is 0.273. The number of nitrogens with one attached hydrogen (secondary N) is 1. The van der Waals surface area contributed by atoms with E-state index in [4.69, 9.17) is 10.4 Å². The predicted octanol–water partition coefficient (Wildman–Crippen LogP) is 1.03. The Bertz CT molecular complexity index is 647. The van der Waals surface area contributed by atoms with Crippen LogP contribution in [0.2, 0.25) is 0 Å². The number of aliphatic carboxylic acids is 1. The van der Waals surface area contributed by atoms with Gasteiger partial charge in [0.25, 0.3) is 0 Å². The van der Waals surface area contributed by atoms with Crippen LogP contribution in [0.5, 0.6) is 0 Å². The molecule has 0 spiro atoms. The number of hydrogen-bond acceptors (Lipinski definition) is 5. The molecule has 0 saturated carbocycles. The summed E-state index contributed by atoms with van der Waals surface area (Å²) in [6, 6.07) is 6.87. The molecule has 21 heavy (non-hydrogen) atoms. The first-order valence-corrected chi connectivity index (χ1v) is 8.12. The summed E-state index contributed by atoms with van der Waals surface area (Å²) in [7, 11) is -3.55. The monoisotopic (exact) mass is 310 g/mol. The van der Waals surface area contributed by atoms with Crippen LogP contribution in [0.15, 0.2) is 29.2 Å². The van der Waals surface area contributed by atoms with Gasteiger partial charge in [0.05, 0.1) is 22.3 Å². The summed E-state index contributed by atoms with van der Waals surface area (Å²) in [5.74, 6) is -1.38. The Morgan fingerprint density at radius 3 is 2.62 bits per heavy atom. The Kier molecular flexibility index (Phi) is 5.88.